The number of benzene rings is 1. The number of carboxylic acids is 1. The predicted octanol–water partition coefficient (Wildman–Crippen LogP) is 2.22. The number of hydrogen-bond acceptors (Lipinski definition) is 5. The maximum absolute atomic E-state index is 12.0. The van der Waals surface area contributed by atoms with Gasteiger partial charge in [0.2, 0.25) is 0 Å². The van der Waals surface area contributed by atoms with Crippen LogP contribution in [0.1, 0.15) is 33.8 Å². The summed E-state index contributed by atoms with van der Waals surface area (Å²) in [6, 6.07) is 7.05. The van der Waals surface area contributed by atoms with E-state index in [9.17, 15) is 9.59 Å². The minimum absolute atomic E-state index is 0.0454. The van der Waals surface area contributed by atoms with E-state index in [1.54, 1.807) is 24.3 Å². The van der Waals surface area contributed by atoms with Crippen molar-refractivity contribution in [2.75, 3.05) is 11.9 Å². The second kappa shape index (κ2) is 6.43. The lowest BCUT2D eigenvalue weighted by Gasteiger charge is -2.07. The summed E-state index contributed by atoms with van der Waals surface area (Å²) in [5.74, 6) is -0.199. The first-order valence-corrected chi connectivity index (χ1v) is 7.21. The van der Waals surface area contributed by atoms with Crippen molar-refractivity contribution >= 4 is 17.6 Å². The third-order valence-electron chi connectivity index (χ3n) is 3.40. The molecule has 0 unspecified atom stereocenters. The number of aromatic carboxylic acids is 1. The number of hydrogen-bond donors (Lipinski definition) is 2. The second-order valence-electron chi connectivity index (χ2n) is 5.32. The van der Waals surface area contributed by atoms with Crippen LogP contribution in [0.25, 0.3) is 0 Å². The Hall–Kier alpha value is -2.96. The van der Waals surface area contributed by atoms with E-state index in [0.717, 1.165) is 24.8 Å². The maximum atomic E-state index is 12.0. The highest BCUT2D eigenvalue weighted by molar-refractivity contribution is 6.02. The van der Waals surface area contributed by atoms with Crippen LogP contribution in [0.5, 0.6) is 5.75 Å². The number of carbonyl (C=O) groups excluding carboxylic acids is 1. The van der Waals surface area contributed by atoms with Crippen molar-refractivity contribution in [3.63, 3.8) is 0 Å². The number of carboxylic acid groups (broad SMARTS) is 1. The van der Waals surface area contributed by atoms with Crippen LogP contribution in [-0.4, -0.2) is 33.6 Å². The largest absolute Gasteiger partial charge is 0.493 e. The van der Waals surface area contributed by atoms with E-state index < -0.39 is 11.9 Å². The van der Waals surface area contributed by atoms with Crippen LogP contribution in [0.15, 0.2) is 36.7 Å². The molecule has 1 aliphatic carbocycles. The summed E-state index contributed by atoms with van der Waals surface area (Å²) < 4.78 is 5.62. The Morgan fingerprint density at radius 1 is 1.13 bits per heavy atom. The van der Waals surface area contributed by atoms with E-state index in [2.05, 4.69) is 15.3 Å². The number of rotatable bonds is 6. The number of nitrogens with one attached hydrogen (secondary N) is 1. The number of anilines is 1. The summed E-state index contributed by atoms with van der Waals surface area (Å²) in [7, 11) is 0. The quantitative estimate of drug-likeness (QED) is 0.848. The van der Waals surface area contributed by atoms with Gasteiger partial charge in [0.15, 0.2) is 5.69 Å². The third-order valence-corrected chi connectivity index (χ3v) is 3.40. The standard InChI is InChI=1S/C16H15N3O4/c20-15(13-7-18-14(8-17-13)16(21)22)19-11-3-5-12(6-4-11)23-9-10-1-2-10/h3-8,10H,1-2,9H2,(H,19,20)(H,21,22). The molecule has 7 nitrogen and oxygen atoms in total. The van der Waals surface area contributed by atoms with Crippen LogP contribution in [0, 0.1) is 5.92 Å². The number of ether oxygens (including phenoxy) is 1. The highest BCUT2D eigenvalue weighted by Crippen LogP contribution is 2.29. The average molecular weight is 313 g/mol. The molecule has 1 aliphatic rings. The lowest BCUT2D eigenvalue weighted by molar-refractivity contribution is 0.0689. The molecular weight excluding hydrogens is 298 g/mol. The van der Waals surface area contributed by atoms with E-state index in [4.69, 9.17) is 9.84 Å². The summed E-state index contributed by atoms with van der Waals surface area (Å²) in [5.41, 5.74) is 0.431. The van der Waals surface area contributed by atoms with Crippen LogP contribution >= 0.6 is 0 Å². The zero-order valence-electron chi connectivity index (χ0n) is 12.2. The minimum atomic E-state index is -1.19. The molecule has 1 saturated carbocycles. The van der Waals surface area contributed by atoms with Gasteiger partial charge in [-0.15, -0.1) is 0 Å². The van der Waals surface area contributed by atoms with Crippen LogP contribution in [0.4, 0.5) is 5.69 Å². The fourth-order valence-electron chi connectivity index (χ4n) is 1.88. The van der Waals surface area contributed by atoms with Crippen molar-refractivity contribution in [3.8, 4) is 5.75 Å². The molecule has 0 spiro atoms. The molecule has 1 aromatic heterocycles. The SMILES string of the molecule is O=C(O)c1cnc(C(=O)Nc2ccc(OCC3CC3)cc2)cn1. The first kappa shape index (κ1) is 15.0. The lowest BCUT2D eigenvalue weighted by atomic mass is 10.3. The fraction of sp³-hybridized carbons (Fsp3) is 0.250. The first-order chi connectivity index (χ1) is 11.1. The zero-order chi connectivity index (χ0) is 16.2. The van der Waals surface area contributed by atoms with E-state index in [-0.39, 0.29) is 11.4 Å². The molecular formula is C16H15N3O4. The van der Waals surface area contributed by atoms with E-state index in [0.29, 0.717) is 11.6 Å². The van der Waals surface area contributed by atoms with E-state index in [1.807, 2.05) is 0 Å². The number of amides is 1. The summed E-state index contributed by atoms with van der Waals surface area (Å²) >= 11 is 0. The van der Waals surface area contributed by atoms with Gasteiger partial charge >= 0.3 is 5.97 Å². The lowest BCUT2D eigenvalue weighted by Crippen LogP contribution is -2.15. The summed E-state index contributed by atoms with van der Waals surface area (Å²) in [6.07, 6.45) is 4.64. The van der Waals surface area contributed by atoms with Gasteiger partial charge in [-0.25, -0.2) is 14.8 Å². The molecule has 2 N–H and O–H groups in total. The van der Waals surface area contributed by atoms with Gasteiger partial charge < -0.3 is 15.2 Å². The fourth-order valence-corrected chi connectivity index (χ4v) is 1.88. The molecule has 0 atom stereocenters. The summed E-state index contributed by atoms with van der Waals surface area (Å²) in [5, 5.41) is 11.4. The molecule has 7 heteroatoms. The van der Waals surface area contributed by atoms with Gasteiger partial charge in [0.05, 0.1) is 19.0 Å². The molecule has 1 heterocycles. The molecule has 0 radical (unpaired) electrons. The average Bonchev–Trinajstić information content (AvgIpc) is 3.38. The molecule has 0 saturated heterocycles. The van der Waals surface area contributed by atoms with Gasteiger partial charge in [-0.05, 0) is 43.0 Å². The Balaban J connectivity index is 1.59. The van der Waals surface area contributed by atoms with Gasteiger partial charge in [-0.2, -0.15) is 0 Å². The van der Waals surface area contributed by atoms with Crippen molar-refractivity contribution in [3.05, 3.63) is 48.0 Å². The summed E-state index contributed by atoms with van der Waals surface area (Å²) in [4.78, 5) is 30.1. The molecule has 0 bridgehead atoms. The Morgan fingerprint density at radius 3 is 2.35 bits per heavy atom. The van der Waals surface area contributed by atoms with Gasteiger partial charge in [-0.1, -0.05) is 0 Å². The van der Waals surface area contributed by atoms with E-state index in [1.165, 1.54) is 12.8 Å². The van der Waals surface area contributed by atoms with Crippen LogP contribution in [-0.2, 0) is 0 Å². The first-order valence-electron chi connectivity index (χ1n) is 7.21. The van der Waals surface area contributed by atoms with Gasteiger partial charge in [0.25, 0.3) is 5.91 Å². The molecule has 1 fully saturated rings. The van der Waals surface area contributed by atoms with E-state index >= 15 is 0 Å². The van der Waals surface area contributed by atoms with Crippen molar-refractivity contribution in [2.45, 2.75) is 12.8 Å². The van der Waals surface area contributed by atoms with Crippen molar-refractivity contribution in [1.29, 1.82) is 0 Å². The van der Waals surface area contributed by atoms with Crippen LogP contribution in [0.3, 0.4) is 0 Å². The van der Waals surface area contributed by atoms with Gasteiger partial charge in [-0.3, -0.25) is 4.79 Å². The molecule has 118 valence electrons. The Bertz CT molecular complexity index is 709. The number of carbonyl (C=O) groups is 2. The molecule has 1 aromatic carbocycles. The predicted molar refractivity (Wildman–Crippen MR) is 81.6 cm³/mol. The molecule has 23 heavy (non-hydrogen) atoms. The molecule has 1 amide bonds. The Morgan fingerprint density at radius 2 is 1.78 bits per heavy atom. The second-order valence-corrected chi connectivity index (χ2v) is 5.32. The smallest absolute Gasteiger partial charge is 0.356 e. The van der Waals surface area contributed by atoms with Gasteiger partial charge in [0, 0.05) is 5.69 Å². The highest BCUT2D eigenvalue weighted by Gasteiger charge is 2.21. The molecule has 0 aliphatic heterocycles. The third kappa shape index (κ3) is 4.03. The minimum Gasteiger partial charge on any atom is -0.493 e. The van der Waals surface area contributed by atoms with Crippen LogP contribution < -0.4 is 10.1 Å². The number of nitrogens with zero attached hydrogens (tertiary/aromatic N) is 2. The van der Waals surface area contributed by atoms with Crippen molar-refractivity contribution in [2.24, 2.45) is 5.92 Å². The topological polar surface area (TPSA) is 101 Å². The molecule has 3 rings (SSSR count). The Kier molecular flexibility index (Phi) is 4.18. The number of aromatic nitrogens is 2. The monoisotopic (exact) mass is 313 g/mol. The Labute approximate surface area is 132 Å². The normalized spacial score (nSPS) is 13.4. The zero-order valence-corrected chi connectivity index (χ0v) is 12.2. The molecule has 2 aromatic rings. The van der Waals surface area contributed by atoms with Crippen molar-refractivity contribution < 1.29 is 19.4 Å². The van der Waals surface area contributed by atoms with Gasteiger partial charge in [0.1, 0.15) is 11.4 Å². The highest BCUT2D eigenvalue weighted by atomic mass is 16.5. The summed E-state index contributed by atoms with van der Waals surface area (Å²) in [6.45, 7) is 0.733. The van der Waals surface area contributed by atoms with Crippen molar-refractivity contribution in [1.82, 2.24) is 9.97 Å². The van der Waals surface area contributed by atoms with Crippen LogP contribution in [0.2, 0.25) is 0 Å². The maximum Gasteiger partial charge on any atom is 0.356 e.